The lowest BCUT2D eigenvalue weighted by molar-refractivity contribution is -0.126. The van der Waals surface area contributed by atoms with Crippen molar-refractivity contribution in [3.8, 4) is 0 Å². The number of ether oxygens (including phenoxy) is 1. The standard InChI is InChI=1S/C18H25N5O2S/c1-13-12-26-17(21-13)11-22-9-15-2-5-20-23(15)16(10-22)18(24)19-8-14-3-6-25-7-4-14/h2,5,12,14,16H,3-4,6-11H2,1H3,(H,19,24)/t16-/m0/s1. The highest BCUT2D eigenvalue weighted by Gasteiger charge is 2.31. The normalized spacial score (nSPS) is 21.5. The zero-order valence-electron chi connectivity index (χ0n) is 15.1. The van der Waals surface area contributed by atoms with E-state index in [1.165, 1.54) is 0 Å². The minimum Gasteiger partial charge on any atom is -0.381 e. The Morgan fingerprint density at radius 3 is 3.04 bits per heavy atom. The fourth-order valence-corrected chi connectivity index (χ4v) is 4.47. The van der Waals surface area contributed by atoms with Crippen LogP contribution < -0.4 is 5.32 Å². The highest BCUT2D eigenvalue weighted by Crippen LogP contribution is 2.23. The molecule has 1 saturated heterocycles. The number of hydrogen-bond acceptors (Lipinski definition) is 6. The van der Waals surface area contributed by atoms with Crippen LogP contribution in [0.3, 0.4) is 0 Å². The van der Waals surface area contributed by atoms with Gasteiger partial charge >= 0.3 is 0 Å². The molecule has 4 rings (SSSR count). The molecule has 0 unspecified atom stereocenters. The molecule has 2 aliphatic rings. The number of aromatic nitrogens is 3. The maximum Gasteiger partial charge on any atom is 0.246 e. The molecule has 1 atom stereocenters. The summed E-state index contributed by atoms with van der Waals surface area (Å²) in [5, 5.41) is 10.7. The molecule has 26 heavy (non-hydrogen) atoms. The Hall–Kier alpha value is -1.77. The van der Waals surface area contributed by atoms with Crippen LogP contribution in [0, 0.1) is 12.8 Å². The summed E-state index contributed by atoms with van der Waals surface area (Å²) in [4.78, 5) is 19.7. The molecule has 0 aromatic carbocycles. The van der Waals surface area contributed by atoms with Crippen molar-refractivity contribution < 1.29 is 9.53 Å². The van der Waals surface area contributed by atoms with Gasteiger partial charge in [-0.3, -0.25) is 14.4 Å². The Balaban J connectivity index is 1.41. The van der Waals surface area contributed by atoms with Gasteiger partial charge in [0.1, 0.15) is 11.0 Å². The average molecular weight is 375 g/mol. The smallest absolute Gasteiger partial charge is 0.246 e. The van der Waals surface area contributed by atoms with E-state index in [4.69, 9.17) is 4.74 Å². The van der Waals surface area contributed by atoms with Crippen LogP contribution >= 0.6 is 11.3 Å². The number of nitrogens with zero attached hydrogens (tertiary/aromatic N) is 4. The fraction of sp³-hybridized carbons (Fsp3) is 0.611. The van der Waals surface area contributed by atoms with Gasteiger partial charge in [0.25, 0.3) is 0 Å². The van der Waals surface area contributed by atoms with Crippen LogP contribution in [0.5, 0.6) is 0 Å². The Kier molecular flexibility index (Phi) is 5.33. The number of fused-ring (bicyclic) bond motifs is 1. The SMILES string of the molecule is Cc1csc(CN2Cc3ccnn3[C@H](C(=O)NCC3CCOCC3)C2)n1. The first kappa shape index (κ1) is 17.6. The first-order valence-electron chi connectivity index (χ1n) is 9.20. The molecule has 7 nitrogen and oxygen atoms in total. The number of amides is 1. The minimum absolute atomic E-state index is 0.0569. The summed E-state index contributed by atoms with van der Waals surface area (Å²) in [5.74, 6) is 0.573. The van der Waals surface area contributed by atoms with Gasteiger partial charge in [-0.1, -0.05) is 0 Å². The molecule has 0 bridgehead atoms. The summed E-state index contributed by atoms with van der Waals surface area (Å²) in [6.45, 7) is 6.56. The number of nitrogens with one attached hydrogen (secondary N) is 1. The molecule has 1 N–H and O–H groups in total. The zero-order valence-corrected chi connectivity index (χ0v) is 15.9. The highest BCUT2D eigenvalue weighted by atomic mass is 32.1. The quantitative estimate of drug-likeness (QED) is 0.862. The van der Waals surface area contributed by atoms with Crippen molar-refractivity contribution in [3.63, 3.8) is 0 Å². The van der Waals surface area contributed by atoms with Gasteiger partial charge in [-0.2, -0.15) is 5.10 Å². The summed E-state index contributed by atoms with van der Waals surface area (Å²) < 4.78 is 7.27. The van der Waals surface area contributed by atoms with E-state index in [9.17, 15) is 4.79 Å². The second kappa shape index (κ2) is 7.85. The van der Waals surface area contributed by atoms with E-state index in [1.54, 1.807) is 17.5 Å². The fourth-order valence-electron chi connectivity index (χ4n) is 3.66. The Bertz CT molecular complexity index is 752. The van der Waals surface area contributed by atoms with Gasteiger partial charge < -0.3 is 10.1 Å². The van der Waals surface area contributed by atoms with Crippen molar-refractivity contribution >= 4 is 17.2 Å². The molecule has 2 aliphatic heterocycles. The Morgan fingerprint density at radius 2 is 2.27 bits per heavy atom. The average Bonchev–Trinajstić information content (AvgIpc) is 3.28. The molecule has 0 spiro atoms. The molecule has 2 aromatic rings. The number of carbonyl (C=O) groups excluding carboxylic acids is 1. The monoisotopic (exact) mass is 375 g/mol. The van der Waals surface area contributed by atoms with E-state index in [2.05, 4.69) is 25.7 Å². The van der Waals surface area contributed by atoms with Crippen LogP contribution in [-0.2, 0) is 22.6 Å². The molecule has 8 heteroatoms. The second-order valence-corrected chi connectivity index (χ2v) is 8.08. The molecule has 1 fully saturated rings. The van der Waals surface area contributed by atoms with E-state index in [1.807, 2.05) is 17.7 Å². The number of carbonyl (C=O) groups is 1. The number of hydrogen-bond donors (Lipinski definition) is 1. The van der Waals surface area contributed by atoms with E-state index in [0.29, 0.717) is 12.5 Å². The first-order valence-corrected chi connectivity index (χ1v) is 10.1. The largest absolute Gasteiger partial charge is 0.381 e. The maximum absolute atomic E-state index is 12.9. The number of aryl methyl sites for hydroxylation is 1. The molecule has 1 amide bonds. The lowest BCUT2D eigenvalue weighted by Gasteiger charge is -2.33. The molecule has 4 heterocycles. The summed E-state index contributed by atoms with van der Waals surface area (Å²) in [5.41, 5.74) is 2.13. The van der Waals surface area contributed by atoms with E-state index in [0.717, 1.165) is 62.1 Å². The predicted molar refractivity (Wildman–Crippen MR) is 98.8 cm³/mol. The van der Waals surface area contributed by atoms with Crippen LogP contribution in [0.25, 0.3) is 0 Å². The van der Waals surface area contributed by atoms with E-state index >= 15 is 0 Å². The predicted octanol–water partition coefficient (Wildman–Crippen LogP) is 1.75. The van der Waals surface area contributed by atoms with Crippen molar-refractivity contribution in [1.29, 1.82) is 0 Å². The van der Waals surface area contributed by atoms with Gasteiger partial charge in [0.15, 0.2) is 0 Å². The first-order chi connectivity index (χ1) is 12.7. The third-order valence-electron chi connectivity index (χ3n) is 5.10. The van der Waals surface area contributed by atoms with Crippen molar-refractivity contribution in [3.05, 3.63) is 34.0 Å². The molecular weight excluding hydrogens is 350 g/mol. The topological polar surface area (TPSA) is 72.3 Å². The molecule has 140 valence electrons. The highest BCUT2D eigenvalue weighted by molar-refractivity contribution is 7.09. The molecule has 0 saturated carbocycles. The number of thiazole rings is 1. The van der Waals surface area contributed by atoms with Crippen LogP contribution in [0.15, 0.2) is 17.6 Å². The molecular formula is C18H25N5O2S. The van der Waals surface area contributed by atoms with Gasteiger partial charge in [-0.25, -0.2) is 4.98 Å². The summed E-state index contributed by atoms with van der Waals surface area (Å²) in [6, 6.07) is 1.72. The van der Waals surface area contributed by atoms with Crippen LogP contribution in [0.2, 0.25) is 0 Å². The summed E-state index contributed by atoms with van der Waals surface area (Å²) in [6.07, 6.45) is 3.83. The van der Waals surface area contributed by atoms with Gasteiger partial charge in [0.2, 0.25) is 5.91 Å². The lowest BCUT2D eigenvalue weighted by Crippen LogP contribution is -2.46. The summed E-state index contributed by atoms with van der Waals surface area (Å²) in [7, 11) is 0. The Labute approximate surface area is 157 Å². The summed E-state index contributed by atoms with van der Waals surface area (Å²) >= 11 is 1.68. The van der Waals surface area contributed by atoms with Gasteiger partial charge in [-0.05, 0) is 31.7 Å². The van der Waals surface area contributed by atoms with Gasteiger partial charge in [-0.15, -0.1) is 11.3 Å². The van der Waals surface area contributed by atoms with Gasteiger partial charge in [0.05, 0.1) is 12.2 Å². The molecule has 0 radical (unpaired) electrons. The van der Waals surface area contributed by atoms with Crippen LogP contribution in [-0.4, -0.2) is 51.9 Å². The van der Waals surface area contributed by atoms with Crippen molar-refractivity contribution in [1.82, 2.24) is 25.0 Å². The third-order valence-corrected chi connectivity index (χ3v) is 6.05. The molecule has 2 aromatic heterocycles. The Morgan fingerprint density at radius 1 is 1.42 bits per heavy atom. The van der Waals surface area contributed by atoms with E-state index < -0.39 is 0 Å². The van der Waals surface area contributed by atoms with E-state index in [-0.39, 0.29) is 11.9 Å². The van der Waals surface area contributed by atoms with Crippen molar-refractivity contribution in [2.45, 2.75) is 38.9 Å². The van der Waals surface area contributed by atoms with Crippen LogP contribution in [0.1, 0.15) is 35.3 Å². The third kappa shape index (κ3) is 3.97. The second-order valence-electron chi connectivity index (χ2n) is 7.14. The minimum atomic E-state index is -0.283. The van der Waals surface area contributed by atoms with Crippen molar-refractivity contribution in [2.24, 2.45) is 5.92 Å². The van der Waals surface area contributed by atoms with Gasteiger partial charge in [0, 0.05) is 50.1 Å². The lowest BCUT2D eigenvalue weighted by atomic mass is 10.0. The maximum atomic E-state index is 12.9. The number of rotatable bonds is 5. The van der Waals surface area contributed by atoms with Crippen molar-refractivity contribution in [2.75, 3.05) is 26.3 Å². The zero-order chi connectivity index (χ0) is 17.9. The molecule has 0 aliphatic carbocycles. The van der Waals surface area contributed by atoms with Crippen LogP contribution in [0.4, 0.5) is 0 Å².